The molecule has 0 spiro atoms. The van der Waals surface area contributed by atoms with Gasteiger partial charge in [0.15, 0.2) is 6.29 Å². The van der Waals surface area contributed by atoms with Crippen LogP contribution in [0.3, 0.4) is 0 Å². The summed E-state index contributed by atoms with van der Waals surface area (Å²) in [5.41, 5.74) is 0.314. The van der Waals surface area contributed by atoms with E-state index in [4.69, 9.17) is 14.8 Å². The first-order valence-electron chi connectivity index (χ1n) is 3.54. The molecule has 0 aliphatic rings. The van der Waals surface area contributed by atoms with E-state index >= 15 is 0 Å². The van der Waals surface area contributed by atoms with Crippen LogP contribution in [0.25, 0.3) is 0 Å². The minimum Gasteiger partial charge on any atom is -0.494 e. The Morgan fingerprint density at radius 1 is 1.62 bits per heavy atom. The maximum atomic E-state index is 10.4. The zero-order valence-corrected chi connectivity index (χ0v) is 6.97. The summed E-state index contributed by atoms with van der Waals surface area (Å²) in [4.78, 5) is 14.1. The number of aldehydes is 1. The zero-order valence-electron chi connectivity index (χ0n) is 6.97. The van der Waals surface area contributed by atoms with Crippen molar-refractivity contribution in [2.24, 2.45) is 0 Å². The van der Waals surface area contributed by atoms with Gasteiger partial charge in [0, 0.05) is 11.7 Å². The van der Waals surface area contributed by atoms with Crippen molar-refractivity contribution in [1.29, 1.82) is 0 Å². The van der Waals surface area contributed by atoms with Gasteiger partial charge in [-0.05, 0) is 6.07 Å². The fourth-order valence-corrected chi connectivity index (χ4v) is 0.863. The predicted octanol–water partition coefficient (Wildman–Crippen LogP) is -1.42. The first kappa shape index (κ1) is 9.69. The third kappa shape index (κ3) is 2.04. The Morgan fingerprint density at radius 3 is 2.77 bits per heavy atom. The van der Waals surface area contributed by atoms with E-state index in [1.807, 2.05) is 0 Å². The lowest BCUT2D eigenvalue weighted by atomic mass is 9.81. The molecule has 0 unspecified atom stereocenters. The Bertz CT molecular complexity index is 315. The molecule has 0 aliphatic carbocycles. The van der Waals surface area contributed by atoms with Gasteiger partial charge in [-0.3, -0.25) is 4.79 Å². The molecular formula is C7H8BNO4. The molecule has 0 atom stereocenters. The van der Waals surface area contributed by atoms with Crippen molar-refractivity contribution in [3.8, 4) is 5.75 Å². The molecule has 1 aromatic rings. The van der Waals surface area contributed by atoms with Gasteiger partial charge in [-0.1, -0.05) is 0 Å². The summed E-state index contributed by atoms with van der Waals surface area (Å²) in [6.45, 7) is 0. The molecule has 1 aromatic heterocycles. The van der Waals surface area contributed by atoms with E-state index in [1.54, 1.807) is 0 Å². The molecule has 0 fully saturated rings. The molecule has 1 heterocycles. The van der Waals surface area contributed by atoms with E-state index in [9.17, 15) is 4.79 Å². The number of carbonyl (C=O) groups is 1. The van der Waals surface area contributed by atoms with Crippen molar-refractivity contribution in [3.05, 3.63) is 18.0 Å². The second kappa shape index (κ2) is 4.02. The van der Waals surface area contributed by atoms with Crippen molar-refractivity contribution >= 4 is 18.9 Å². The normalized spacial score (nSPS) is 9.46. The number of nitrogens with zero attached hydrogens (tertiary/aromatic N) is 1. The minimum atomic E-state index is -1.61. The lowest BCUT2D eigenvalue weighted by molar-refractivity contribution is 0.111. The van der Waals surface area contributed by atoms with Gasteiger partial charge in [-0.25, -0.2) is 4.98 Å². The molecule has 0 aliphatic heterocycles. The summed E-state index contributed by atoms with van der Waals surface area (Å²) < 4.78 is 4.81. The van der Waals surface area contributed by atoms with Crippen molar-refractivity contribution in [2.75, 3.05) is 7.11 Å². The van der Waals surface area contributed by atoms with Gasteiger partial charge in [-0.15, -0.1) is 0 Å². The Balaban J connectivity index is 3.12. The molecule has 0 saturated carbocycles. The van der Waals surface area contributed by atoms with Crippen LogP contribution in [0, 0.1) is 0 Å². The monoisotopic (exact) mass is 181 g/mol. The fourth-order valence-electron chi connectivity index (χ4n) is 0.863. The number of rotatable bonds is 3. The van der Waals surface area contributed by atoms with Crippen LogP contribution < -0.4 is 10.2 Å². The van der Waals surface area contributed by atoms with E-state index in [2.05, 4.69) is 4.98 Å². The molecule has 1 rings (SSSR count). The second-order valence-corrected chi connectivity index (χ2v) is 2.35. The van der Waals surface area contributed by atoms with Crippen molar-refractivity contribution in [1.82, 2.24) is 4.98 Å². The molecule has 5 nitrogen and oxygen atoms in total. The third-order valence-electron chi connectivity index (χ3n) is 1.53. The van der Waals surface area contributed by atoms with Crippen LogP contribution >= 0.6 is 0 Å². The molecule has 0 bridgehead atoms. The van der Waals surface area contributed by atoms with Crippen LogP contribution in [0.5, 0.6) is 5.75 Å². The summed E-state index contributed by atoms with van der Waals surface area (Å²) in [6, 6.07) is 1.35. The van der Waals surface area contributed by atoms with Crippen LogP contribution in [0.15, 0.2) is 12.3 Å². The number of hydrogen-bond acceptors (Lipinski definition) is 5. The highest BCUT2D eigenvalue weighted by molar-refractivity contribution is 6.58. The Hall–Kier alpha value is -1.40. The van der Waals surface area contributed by atoms with Gasteiger partial charge < -0.3 is 14.8 Å². The van der Waals surface area contributed by atoms with Crippen molar-refractivity contribution < 1.29 is 19.6 Å². The zero-order chi connectivity index (χ0) is 9.84. The summed E-state index contributed by atoms with van der Waals surface area (Å²) in [5, 5.41) is 17.6. The molecule has 0 radical (unpaired) electrons. The smallest absolute Gasteiger partial charge is 0.490 e. The van der Waals surface area contributed by atoms with Crippen LogP contribution in [0.1, 0.15) is 10.5 Å². The van der Waals surface area contributed by atoms with Gasteiger partial charge in [0.05, 0.1) is 7.11 Å². The molecule has 13 heavy (non-hydrogen) atoms. The lowest BCUT2D eigenvalue weighted by Crippen LogP contribution is -2.30. The predicted molar refractivity (Wildman–Crippen MR) is 46.0 cm³/mol. The van der Waals surface area contributed by atoms with Gasteiger partial charge >= 0.3 is 7.12 Å². The molecule has 0 saturated heterocycles. The number of pyridine rings is 1. The van der Waals surface area contributed by atoms with Crippen LogP contribution in [-0.4, -0.2) is 35.5 Å². The van der Waals surface area contributed by atoms with Gasteiger partial charge in [0.1, 0.15) is 11.4 Å². The van der Waals surface area contributed by atoms with E-state index in [-0.39, 0.29) is 16.9 Å². The minimum absolute atomic E-state index is 0.131. The number of hydrogen-bond donors (Lipinski definition) is 2. The number of methoxy groups -OCH3 is 1. The first-order chi connectivity index (χ1) is 6.19. The van der Waals surface area contributed by atoms with E-state index < -0.39 is 7.12 Å². The summed E-state index contributed by atoms with van der Waals surface area (Å²) in [6.07, 6.45) is 1.74. The third-order valence-corrected chi connectivity index (χ3v) is 1.53. The van der Waals surface area contributed by atoms with Crippen molar-refractivity contribution in [2.45, 2.75) is 0 Å². The van der Waals surface area contributed by atoms with E-state index in [1.165, 1.54) is 19.4 Å². The average molecular weight is 181 g/mol. The largest absolute Gasteiger partial charge is 0.494 e. The lowest BCUT2D eigenvalue weighted by Gasteiger charge is -2.04. The second-order valence-electron chi connectivity index (χ2n) is 2.35. The maximum absolute atomic E-state index is 10.4. The summed E-state index contributed by atoms with van der Waals surface area (Å²) in [7, 11) is -0.237. The molecule has 0 aromatic carbocycles. The van der Waals surface area contributed by atoms with E-state index in [0.29, 0.717) is 6.29 Å². The van der Waals surface area contributed by atoms with Gasteiger partial charge in [-0.2, -0.15) is 0 Å². The number of ether oxygens (including phenoxy) is 1. The molecule has 68 valence electrons. The summed E-state index contributed by atoms with van der Waals surface area (Å²) >= 11 is 0. The van der Waals surface area contributed by atoms with E-state index in [0.717, 1.165) is 0 Å². The highest BCUT2D eigenvalue weighted by Crippen LogP contribution is 2.10. The van der Waals surface area contributed by atoms with Crippen LogP contribution in [0.4, 0.5) is 0 Å². The Kier molecular flexibility index (Phi) is 3.00. The fraction of sp³-hybridized carbons (Fsp3) is 0.143. The molecule has 2 N–H and O–H groups in total. The molecule has 6 heteroatoms. The van der Waals surface area contributed by atoms with Gasteiger partial charge in [0.2, 0.25) is 0 Å². The first-order valence-corrected chi connectivity index (χ1v) is 3.54. The van der Waals surface area contributed by atoms with Crippen LogP contribution in [-0.2, 0) is 0 Å². The van der Waals surface area contributed by atoms with Crippen LogP contribution in [0.2, 0.25) is 0 Å². The quantitative estimate of drug-likeness (QED) is 0.442. The summed E-state index contributed by atoms with van der Waals surface area (Å²) in [5.74, 6) is 0.223. The Labute approximate surface area is 75.1 Å². The topological polar surface area (TPSA) is 79.7 Å². The van der Waals surface area contributed by atoms with Gasteiger partial charge in [0.25, 0.3) is 0 Å². The SMILES string of the molecule is COc1cc(B(O)O)cnc1C=O. The maximum Gasteiger partial charge on any atom is 0.490 e. The Morgan fingerprint density at radius 2 is 2.31 bits per heavy atom. The molecular weight excluding hydrogens is 173 g/mol. The standard InChI is InChI=1S/C7H8BNO4/c1-13-7-2-5(8(11)12)3-9-6(7)4-10/h2-4,11-12H,1H3. The molecule has 0 amide bonds. The highest BCUT2D eigenvalue weighted by atomic mass is 16.5. The number of carbonyl (C=O) groups excluding carboxylic acids is 1. The number of aromatic nitrogens is 1. The highest BCUT2D eigenvalue weighted by Gasteiger charge is 2.14. The average Bonchev–Trinajstić information content (AvgIpc) is 2.16. The van der Waals surface area contributed by atoms with Crippen molar-refractivity contribution in [3.63, 3.8) is 0 Å².